The standard InChI is InChI=1S/C15H19N3O3/c16-13-14(17-5-6-18-7-9-20-10-8-18)11-3-1-2-4-12(11)21-15(13)19/h1-4,17H,5-10,16H2/p+1. The van der Waals surface area contributed by atoms with Gasteiger partial charge in [0.25, 0.3) is 0 Å². The first kappa shape index (κ1) is 13.9. The summed E-state index contributed by atoms with van der Waals surface area (Å²) in [4.78, 5) is 13.3. The molecule has 6 heteroatoms. The van der Waals surface area contributed by atoms with Gasteiger partial charge >= 0.3 is 5.63 Å². The Hall–Kier alpha value is -2.05. The van der Waals surface area contributed by atoms with Crippen LogP contribution in [0.1, 0.15) is 0 Å². The second-order valence-electron chi connectivity index (χ2n) is 5.21. The number of fused-ring (bicyclic) bond motifs is 1. The van der Waals surface area contributed by atoms with Crippen LogP contribution < -0.4 is 21.6 Å². The maximum Gasteiger partial charge on any atom is 0.361 e. The van der Waals surface area contributed by atoms with Gasteiger partial charge in [0.2, 0.25) is 0 Å². The Labute approximate surface area is 122 Å². The summed E-state index contributed by atoms with van der Waals surface area (Å²) < 4.78 is 10.5. The van der Waals surface area contributed by atoms with E-state index in [1.807, 2.05) is 18.2 Å². The first-order chi connectivity index (χ1) is 10.3. The molecule has 0 spiro atoms. The van der Waals surface area contributed by atoms with Crippen molar-refractivity contribution in [2.45, 2.75) is 0 Å². The van der Waals surface area contributed by atoms with Gasteiger partial charge in [-0.05, 0) is 12.1 Å². The molecule has 112 valence electrons. The molecule has 0 bridgehead atoms. The molecule has 3 rings (SSSR count). The van der Waals surface area contributed by atoms with E-state index >= 15 is 0 Å². The largest absolute Gasteiger partial charge is 0.421 e. The van der Waals surface area contributed by atoms with Crippen LogP contribution in [0, 0.1) is 0 Å². The third-order valence-corrected chi connectivity index (χ3v) is 3.83. The van der Waals surface area contributed by atoms with Crippen molar-refractivity contribution < 1.29 is 14.1 Å². The van der Waals surface area contributed by atoms with Crippen LogP contribution in [0.25, 0.3) is 11.0 Å². The van der Waals surface area contributed by atoms with Crippen molar-refractivity contribution in [2.75, 3.05) is 50.4 Å². The van der Waals surface area contributed by atoms with Gasteiger partial charge in [-0.2, -0.15) is 0 Å². The number of para-hydroxylation sites is 1. The Kier molecular flexibility index (Phi) is 4.08. The minimum atomic E-state index is -0.491. The summed E-state index contributed by atoms with van der Waals surface area (Å²) in [5.74, 6) is 0. The summed E-state index contributed by atoms with van der Waals surface area (Å²) in [6.07, 6.45) is 0. The third-order valence-electron chi connectivity index (χ3n) is 3.83. The number of quaternary nitrogens is 1. The van der Waals surface area contributed by atoms with E-state index in [-0.39, 0.29) is 5.69 Å². The summed E-state index contributed by atoms with van der Waals surface area (Å²) in [7, 11) is 0. The fourth-order valence-corrected chi connectivity index (χ4v) is 2.63. The highest BCUT2D eigenvalue weighted by molar-refractivity contribution is 5.95. The third kappa shape index (κ3) is 3.01. The normalized spacial score (nSPS) is 16.2. The van der Waals surface area contributed by atoms with Crippen molar-refractivity contribution in [3.8, 4) is 0 Å². The van der Waals surface area contributed by atoms with Gasteiger partial charge in [0.05, 0.1) is 32.0 Å². The number of anilines is 2. The average Bonchev–Trinajstić information content (AvgIpc) is 2.52. The number of nitrogen functional groups attached to an aromatic ring is 1. The Balaban J connectivity index is 1.76. The summed E-state index contributed by atoms with van der Waals surface area (Å²) in [5.41, 5.74) is 6.75. The second-order valence-corrected chi connectivity index (χ2v) is 5.21. The van der Waals surface area contributed by atoms with Crippen molar-refractivity contribution >= 4 is 22.3 Å². The summed E-state index contributed by atoms with van der Waals surface area (Å²) in [5, 5.41) is 4.14. The number of rotatable bonds is 4. The quantitative estimate of drug-likeness (QED) is 0.674. The highest BCUT2D eigenvalue weighted by Gasteiger charge is 2.15. The lowest BCUT2D eigenvalue weighted by Crippen LogP contribution is -3.14. The first-order valence-electron chi connectivity index (χ1n) is 7.22. The average molecular weight is 290 g/mol. The van der Waals surface area contributed by atoms with Crippen molar-refractivity contribution in [3.05, 3.63) is 34.7 Å². The zero-order valence-electron chi connectivity index (χ0n) is 11.9. The molecule has 1 aromatic heterocycles. The van der Waals surface area contributed by atoms with Crippen molar-refractivity contribution in [3.63, 3.8) is 0 Å². The summed E-state index contributed by atoms with van der Waals surface area (Å²) in [6.45, 7) is 5.40. The maximum atomic E-state index is 11.8. The monoisotopic (exact) mass is 290 g/mol. The van der Waals surface area contributed by atoms with Crippen LogP contribution in [0.3, 0.4) is 0 Å². The zero-order chi connectivity index (χ0) is 14.7. The van der Waals surface area contributed by atoms with Crippen LogP contribution in [0.2, 0.25) is 0 Å². The molecule has 2 aromatic rings. The molecule has 0 amide bonds. The molecule has 2 heterocycles. The number of hydrogen-bond donors (Lipinski definition) is 3. The Morgan fingerprint density at radius 2 is 2.00 bits per heavy atom. The van der Waals surface area contributed by atoms with E-state index in [9.17, 15) is 4.79 Å². The molecule has 0 saturated carbocycles. The van der Waals surface area contributed by atoms with E-state index in [0.29, 0.717) is 11.3 Å². The van der Waals surface area contributed by atoms with E-state index in [1.54, 1.807) is 6.07 Å². The zero-order valence-corrected chi connectivity index (χ0v) is 11.9. The van der Waals surface area contributed by atoms with Gasteiger partial charge in [-0.3, -0.25) is 0 Å². The van der Waals surface area contributed by atoms with Crippen LogP contribution in [0.15, 0.2) is 33.5 Å². The number of nitrogens with one attached hydrogen (secondary N) is 2. The number of ether oxygens (including phenoxy) is 1. The molecule has 0 unspecified atom stereocenters. The minimum Gasteiger partial charge on any atom is -0.421 e. The molecule has 0 atom stereocenters. The Bertz CT molecular complexity index is 677. The van der Waals surface area contributed by atoms with Crippen LogP contribution in [0.5, 0.6) is 0 Å². The summed E-state index contributed by atoms with van der Waals surface area (Å²) >= 11 is 0. The van der Waals surface area contributed by atoms with Gasteiger partial charge in [0.15, 0.2) is 0 Å². The van der Waals surface area contributed by atoms with E-state index in [1.165, 1.54) is 4.90 Å². The molecule has 4 N–H and O–H groups in total. The maximum absolute atomic E-state index is 11.8. The molecule has 1 aliphatic rings. The molecule has 6 nitrogen and oxygen atoms in total. The van der Waals surface area contributed by atoms with Crippen LogP contribution in [0.4, 0.5) is 11.4 Å². The van der Waals surface area contributed by atoms with E-state index in [4.69, 9.17) is 14.9 Å². The van der Waals surface area contributed by atoms with Crippen LogP contribution in [-0.2, 0) is 4.74 Å². The minimum absolute atomic E-state index is 0.144. The van der Waals surface area contributed by atoms with Crippen molar-refractivity contribution in [1.29, 1.82) is 0 Å². The van der Waals surface area contributed by atoms with Crippen LogP contribution >= 0.6 is 0 Å². The lowest BCUT2D eigenvalue weighted by atomic mass is 10.2. The molecule has 1 fully saturated rings. The van der Waals surface area contributed by atoms with Gasteiger partial charge in [0, 0.05) is 5.39 Å². The molecule has 1 aromatic carbocycles. The number of hydrogen-bond acceptors (Lipinski definition) is 5. The molecule has 21 heavy (non-hydrogen) atoms. The molecule has 0 aliphatic carbocycles. The molecular formula is C15H20N3O3+. The smallest absolute Gasteiger partial charge is 0.361 e. The molecule has 0 radical (unpaired) electrons. The first-order valence-corrected chi connectivity index (χ1v) is 7.22. The van der Waals surface area contributed by atoms with Gasteiger partial charge in [-0.15, -0.1) is 0 Å². The SMILES string of the molecule is Nc1c(NCC[NH+]2CCOCC2)c2ccccc2oc1=O. The second kappa shape index (κ2) is 6.15. The Morgan fingerprint density at radius 3 is 2.81 bits per heavy atom. The van der Waals surface area contributed by atoms with Gasteiger partial charge in [0.1, 0.15) is 24.4 Å². The predicted octanol–water partition coefficient (Wildman–Crippen LogP) is -0.298. The molecule has 1 saturated heterocycles. The lowest BCUT2D eigenvalue weighted by molar-refractivity contribution is -0.906. The number of nitrogens with two attached hydrogens (primary N) is 1. The van der Waals surface area contributed by atoms with Gasteiger partial charge in [-0.1, -0.05) is 12.1 Å². The number of benzene rings is 1. The van der Waals surface area contributed by atoms with Gasteiger partial charge in [-0.25, -0.2) is 4.79 Å². The highest BCUT2D eigenvalue weighted by atomic mass is 16.5. The van der Waals surface area contributed by atoms with Crippen LogP contribution in [-0.4, -0.2) is 39.4 Å². The van der Waals surface area contributed by atoms with E-state index < -0.39 is 5.63 Å². The highest BCUT2D eigenvalue weighted by Crippen LogP contribution is 2.25. The summed E-state index contributed by atoms with van der Waals surface area (Å²) in [6, 6.07) is 7.41. The van der Waals surface area contributed by atoms with Gasteiger partial charge < -0.3 is 25.1 Å². The van der Waals surface area contributed by atoms with E-state index in [2.05, 4.69) is 5.32 Å². The number of morpholine rings is 1. The van der Waals surface area contributed by atoms with Crippen molar-refractivity contribution in [2.24, 2.45) is 0 Å². The molecule has 1 aliphatic heterocycles. The predicted molar refractivity (Wildman–Crippen MR) is 81.8 cm³/mol. The topological polar surface area (TPSA) is 81.9 Å². The Morgan fingerprint density at radius 1 is 1.24 bits per heavy atom. The fraction of sp³-hybridized carbons (Fsp3) is 0.400. The fourth-order valence-electron chi connectivity index (χ4n) is 2.63. The van der Waals surface area contributed by atoms with Crippen molar-refractivity contribution in [1.82, 2.24) is 0 Å². The molecular weight excluding hydrogens is 270 g/mol. The van der Waals surface area contributed by atoms with E-state index in [0.717, 1.165) is 44.8 Å². The lowest BCUT2D eigenvalue weighted by Gasteiger charge is -2.24.